The van der Waals surface area contributed by atoms with Gasteiger partial charge in [-0.05, 0) is 17.7 Å². The number of carbonyl (C=O) groups is 1. The van der Waals surface area contributed by atoms with Crippen LogP contribution in [-0.4, -0.2) is 35.7 Å². The van der Waals surface area contributed by atoms with Crippen molar-refractivity contribution in [3.63, 3.8) is 0 Å². The van der Waals surface area contributed by atoms with Gasteiger partial charge >= 0.3 is 5.69 Å². The van der Waals surface area contributed by atoms with Gasteiger partial charge in [-0.15, -0.1) is 0 Å². The lowest BCUT2D eigenvalue weighted by atomic mass is 10.2. The van der Waals surface area contributed by atoms with Crippen molar-refractivity contribution in [1.82, 2.24) is 24.4 Å². The predicted octanol–water partition coefficient (Wildman–Crippen LogP) is 2.01. The first-order chi connectivity index (χ1) is 16.8. The molecule has 0 aliphatic heterocycles. The van der Waals surface area contributed by atoms with Crippen LogP contribution in [0.1, 0.15) is 5.56 Å². The summed E-state index contributed by atoms with van der Waals surface area (Å²) < 4.78 is 2.18. The molecule has 2 heterocycles. The van der Waals surface area contributed by atoms with Crippen LogP contribution in [0.5, 0.6) is 0 Å². The molecule has 0 aliphatic rings. The van der Waals surface area contributed by atoms with E-state index in [9.17, 15) is 24.5 Å². The Morgan fingerprint density at radius 2 is 1.71 bits per heavy atom. The summed E-state index contributed by atoms with van der Waals surface area (Å²) >= 11 is 1.05. The Balaban J connectivity index is 1.71. The first-order valence-electron chi connectivity index (χ1n) is 10.4. The van der Waals surface area contributed by atoms with Crippen LogP contribution in [0.3, 0.4) is 0 Å². The highest BCUT2D eigenvalue weighted by atomic mass is 32.2. The van der Waals surface area contributed by atoms with Crippen LogP contribution in [0.25, 0.3) is 22.4 Å². The molecular weight excluding hydrogens is 472 g/mol. The molecular formula is C23H20N6O5S. The standard InChI is InChI=1S/C23H20N6O5S/c1-27-20-18(22(31)28(2)23(27)32)21(35-13-17(30)24-12-14-6-4-3-5-7-14)26-19(25-20)15-8-10-16(11-9-15)29(33)34/h3-11H,12-13H2,1-2H3,(H,24,30). The van der Waals surface area contributed by atoms with E-state index >= 15 is 0 Å². The summed E-state index contributed by atoms with van der Waals surface area (Å²) in [5.41, 5.74) is 0.274. The Labute approximate surface area is 202 Å². The molecule has 2 aromatic carbocycles. The van der Waals surface area contributed by atoms with E-state index in [1.165, 1.54) is 42.9 Å². The monoisotopic (exact) mass is 492 g/mol. The average Bonchev–Trinajstić information content (AvgIpc) is 2.88. The lowest BCUT2D eigenvalue weighted by molar-refractivity contribution is -0.384. The molecule has 1 N–H and O–H groups in total. The number of non-ortho nitro benzene ring substituents is 1. The minimum absolute atomic E-state index is 0.0232. The van der Waals surface area contributed by atoms with E-state index < -0.39 is 16.2 Å². The summed E-state index contributed by atoms with van der Waals surface area (Å²) in [6, 6.07) is 15.0. The van der Waals surface area contributed by atoms with E-state index in [2.05, 4.69) is 15.3 Å². The van der Waals surface area contributed by atoms with Crippen LogP contribution in [0, 0.1) is 10.1 Å². The number of nitro benzene ring substituents is 1. The number of fused-ring (bicyclic) bond motifs is 1. The minimum atomic E-state index is -0.578. The SMILES string of the molecule is Cn1c(=O)c2c(SCC(=O)NCc3ccccc3)nc(-c3ccc([N+](=O)[O-])cc3)nc2n(C)c1=O. The summed E-state index contributed by atoms with van der Waals surface area (Å²) in [6.07, 6.45) is 0. The van der Waals surface area contributed by atoms with Crippen molar-refractivity contribution >= 4 is 34.4 Å². The van der Waals surface area contributed by atoms with Crippen LogP contribution in [0.4, 0.5) is 5.69 Å². The Morgan fingerprint density at radius 3 is 2.37 bits per heavy atom. The smallest absolute Gasteiger partial charge is 0.332 e. The van der Waals surface area contributed by atoms with E-state index in [0.29, 0.717) is 12.1 Å². The number of amides is 1. The van der Waals surface area contributed by atoms with Crippen LogP contribution in [-0.2, 0) is 25.4 Å². The molecule has 35 heavy (non-hydrogen) atoms. The quantitative estimate of drug-likeness (QED) is 0.179. The number of nitro groups is 1. The van der Waals surface area contributed by atoms with E-state index in [4.69, 9.17) is 0 Å². The molecule has 0 saturated carbocycles. The van der Waals surface area contributed by atoms with Crippen molar-refractivity contribution in [2.24, 2.45) is 14.1 Å². The van der Waals surface area contributed by atoms with E-state index in [1.807, 2.05) is 30.3 Å². The maximum atomic E-state index is 12.9. The van der Waals surface area contributed by atoms with Gasteiger partial charge in [-0.3, -0.25) is 28.8 Å². The van der Waals surface area contributed by atoms with Crippen LogP contribution >= 0.6 is 11.8 Å². The first-order valence-corrected chi connectivity index (χ1v) is 11.4. The van der Waals surface area contributed by atoms with Gasteiger partial charge in [0.1, 0.15) is 10.4 Å². The molecule has 0 fully saturated rings. The molecule has 178 valence electrons. The van der Waals surface area contributed by atoms with Crippen molar-refractivity contribution < 1.29 is 9.72 Å². The molecule has 0 bridgehead atoms. The number of rotatable bonds is 7. The van der Waals surface area contributed by atoms with E-state index in [0.717, 1.165) is 21.9 Å². The molecule has 0 atom stereocenters. The summed E-state index contributed by atoms with van der Waals surface area (Å²) in [4.78, 5) is 57.2. The fourth-order valence-electron chi connectivity index (χ4n) is 3.38. The molecule has 11 nitrogen and oxygen atoms in total. The zero-order valence-corrected chi connectivity index (χ0v) is 19.6. The minimum Gasteiger partial charge on any atom is -0.351 e. The Hall–Kier alpha value is -4.32. The summed E-state index contributed by atoms with van der Waals surface area (Å²) in [5, 5.41) is 14.1. The third-order valence-corrected chi connectivity index (χ3v) is 6.25. The Kier molecular flexibility index (Phi) is 6.73. The maximum Gasteiger partial charge on any atom is 0.332 e. The molecule has 12 heteroatoms. The molecule has 1 amide bonds. The third-order valence-electron chi connectivity index (χ3n) is 5.28. The van der Waals surface area contributed by atoms with E-state index in [1.54, 1.807) is 0 Å². The third kappa shape index (κ3) is 4.96. The van der Waals surface area contributed by atoms with Crippen molar-refractivity contribution in [2.75, 3.05) is 5.75 Å². The van der Waals surface area contributed by atoms with Crippen molar-refractivity contribution in [2.45, 2.75) is 11.6 Å². The normalized spacial score (nSPS) is 10.9. The zero-order valence-electron chi connectivity index (χ0n) is 18.8. The average molecular weight is 493 g/mol. The van der Waals surface area contributed by atoms with Gasteiger partial charge in [0.05, 0.1) is 10.7 Å². The van der Waals surface area contributed by atoms with Gasteiger partial charge in [-0.2, -0.15) is 0 Å². The number of hydrogen-bond acceptors (Lipinski definition) is 8. The zero-order chi connectivity index (χ0) is 25.1. The highest BCUT2D eigenvalue weighted by Crippen LogP contribution is 2.27. The number of hydrogen-bond donors (Lipinski definition) is 1. The van der Waals surface area contributed by atoms with Crippen molar-refractivity contribution in [1.29, 1.82) is 0 Å². The van der Waals surface area contributed by atoms with Crippen LogP contribution in [0.2, 0.25) is 0 Å². The largest absolute Gasteiger partial charge is 0.351 e. The number of thioether (sulfide) groups is 1. The molecule has 0 saturated heterocycles. The van der Waals surface area contributed by atoms with Gasteiger partial charge in [0.25, 0.3) is 11.2 Å². The summed E-state index contributed by atoms with van der Waals surface area (Å²) in [5.74, 6) is -0.114. The summed E-state index contributed by atoms with van der Waals surface area (Å²) in [7, 11) is 2.84. The molecule has 4 aromatic rings. The van der Waals surface area contributed by atoms with Crippen molar-refractivity contribution in [3.05, 3.63) is 91.1 Å². The number of nitrogens with zero attached hydrogens (tertiary/aromatic N) is 5. The first kappa shape index (κ1) is 23.8. The summed E-state index contributed by atoms with van der Waals surface area (Å²) in [6.45, 7) is 0.356. The predicted molar refractivity (Wildman–Crippen MR) is 131 cm³/mol. The van der Waals surface area contributed by atoms with E-state index in [-0.39, 0.29) is 39.2 Å². The highest BCUT2D eigenvalue weighted by molar-refractivity contribution is 8.00. The lowest BCUT2D eigenvalue weighted by Crippen LogP contribution is -2.37. The van der Waals surface area contributed by atoms with Crippen LogP contribution < -0.4 is 16.6 Å². The van der Waals surface area contributed by atoms with Gasteiger partial charge in [0.15, 0.2) is 11.5 Å². The number of aryl methyl sites for hydroxylation is 1. The molecule has 0 unspecified atom stereocenters. The second-order valence-corrected chi connectivity index (χ2v) is 8.58. The molecule has 0 spiro atoms. The van der Waals surface area contributed by atoms with Gasteiger partial charge in [-0.25, -0.2) is 14.8 Å². The fourth-order valence-corrected chi connectivity index (χ4v) is 4.22. The second-order valence-electron chi connectivity index (χ2n) is 7.61. The molecule has 0 aliphatic carbocycles. The maximum absolute atomic E-state index is 12.9. The second kappa shape index (κ2) is 9.89. The highest BCUT2D eigenvalue weighted by Gasteiger charge is 2.19. The number of aromatic nitrogens is 4. The number of nitrogens with one attached hydrogen (secondary N) is 1. The van der Waals surface area contributed by atoms with Crippen molar-refractivity contribution in [3.8, 4) is 11.4 Å². The van der Waals surface area contributed by atoms with Gasteiger partial charge in [0, 0.05) is 38.3 Å². The topological polar surface area (TPSA) is 142 Å². The Morgan fingerprint density at radius 1 is 1.03 bits per heavy atom. The lowest BCUT2D eigenvalue weighted by Gasteiger charge is -2.12. The van der Waals surface area contributed by atoms with Gasteiger partial charge in [-0.1, -0.05) is 42.1 Å². The molecule has 0 radical (unpaired) electrons. The Bertz CT molecular complexity index is 1550. The van der Waals surface area contributed by atoms with Gasteiger partial charge in [0.2, 0.25) is 5.91 Å². The number of benzene rings is 2. The number of carbonyl (C=O) groups excluding carboxylic acids is 1. The molecule has 2 aromatic heterocycles. The fraction of sp³-hybridized carbons (Fsp3) is 0.174. The molecule has 4 rings (SSSR count). The van der Waals surface area contributed by atoms with Crippen LogP contribution in [0.15, 0.2) is 69.2 Å². The van der Waals surface area contributed by atoms with Gasteiger partial charge < -0.3 is 5.32 Å².